The standard InChI is InChI=1S/C53H63N5O9/c1-8-49(55-43(60)34-16-11-10-12-17-34)28-33-29-52(47(61)65-6,42-36(20-24-57(30-33)31-49)35-18-13-14-19-39(35)54-42)38-26-37-40(27-41(38)64-5)56(4)45-51(37)22-25-58-23-15-21-50(9-2,44(51)58)46(67-32(3)59)53(45,63)48(62)66-7/h10-19,21,26-27,33,44-46,54,63H,8-9,20,22-25,28-31H2,1-7H3,(H,55,60)/t33-,44-,45?,46+,49?,50+,51+,52-,53-/m0/s1. The number of carbonyl (C=O) groups excluding carboxylic acids is 4. The van der Waals surface area contributed by atoms with Crippen LogP contribution in [0.4, 0.5) is 5.69 Å². The van der Waals surface area contributed by atoms with Gasteiger partial charge < -0.3 is 44.2 Å². The lowest BCUT2D eigenvalue weighted by Crippen LogP contribution is -2.81. The van der Waals surface area contributed by atoms with E-state index in [1.165, 1.54) is 21.1 Å². The van der Waals surface area contributed by atoms with Gasteiger partial charge in [0.2, 0.25) is 5.60 Å². The number of nitrogens with zero attached hydrogens (tertiary/aromatic N) is 3. The molecule has 3 aromatic carbocycles. The molecular weight excluding hydrogens is 851 g/mol. The minimum Gasteiger partial charge on any atom is -0.496 e. The van der Waals surface area contributed by atoms with Gasteiger partial charge in [0.25, 0.3) is 5.91 Å². The minimum absolute atomic E-state index is 0.116. The molecule has 1 amide bonds. The Morgan fingerprint density at radius 1 is 0.896 bits per heavy atom. The Hall–Kier alpha value is -5.70. The van der Waals surface area contributed by atoms with Crippen LogP contribution in [0.25, 0.3) is 10.9 Å². The van der Waals surface area contributed by atoms with E-state index >= 15 is 4.79 Å². The molecule has 67 heavy (non-hydrogen) atoms. The van der Waals surface area contributed by atoms with Gasteiger partial charge in [-0.1, -0.05) is 62.4 Å². The van der Waals surface area contributed by atoms with Gasteiger partial charge in [-0.15, -0.1) is 0 Å². The molecule has 2 bridgehead atoms. The van der Waals surface area contributed by atoms with Gasteiger partial charge in [0.1, 0.15) is 11.2 Å². The summed E-state index contributed by atoms with van der Waals surface area (Å²) in [6.45, 7) is 8.77. The zero-order chi connectivity index (χ0) is 47.3. The van der Waals surface area contributed by atoms with Gasteiger partial charge in [0.15, 0.2) is 6.10 Å². The molecule has 5 aliphatic heterocycles. The molecule has 1 aromatic heterocycles. The van der Waals surface area contributed by atoms with Gasteiger partial charge in [0.05, 0.1) is 32.9 Å². The molecule has 0 radical (unpaired) electrons. The number of carbonyl (C=O) groups is 4. The van der Waals surface area contributed by atoms with Crippen molar-refractivity contribution in [3.05, 3.63) is 107 Å². The van der Waals surface area contributed by atoms with E-state index < -0.39 is 57.4 Å². The quantitative estimate of drug-likeness (QED) is 0.111. The summed E-state index contributed by atoms with van der Waals surface area (Å²) >= 11 is 0. The van der Waals surface area contributed by atoms with Gasteiger partial charge >= 0.3 is 17.9 Å². The van der Waals surface area contributed by atoms with E-state index in [4.69, 9.17) is 18.9 Å². The summed E-state index contributed by atoms with van der Waals surface area (Å²) in [6, 6.07) is 20.3. The Morgan fingerprint density at radius 3 is 2.34 bits per heavy atom. The molecule has 1 saturated carbocycles. The van der Waals surface area contributed by atoms with Crippen LogP contribution in [0.15, 0.2) is 78.9 Å². The van der Waals surface area contributed by atoms with Crippen molar-refractivity contribution in [3.8, 4) is 5.75 Å². The first-order valence-corrected chi connectivity index (χ1v) is 23.9. The van der Waals surface area contributed by atoms with E-state index in [2.05, 4.69) is 51.3 Å². The van der Waals surface area contributed by atoms with Crippen molar-refractivity contribution in [2.75, 3.05) is 66.0 Å². The first-order valence-electron chi connectivity index (χ1n) is 23.9. The third-order valence-electron chi connectivity index (χ3n) is 17.1. The van der Waals surface area contributed by atoms with Crippen molar-refractivity contribution in [1.29, 1.82) is 0 Å². The van der Waals surface area contributed by atoms with Crippen molar-refractivity contribution in [2.45, 2.75) is 99.5 Å². The topological polar surface area (TPSA) is 163 Å². The van der Waals surface area contributed by atoms with E-state index in [0.29, 0.717) is 88.1 Å². The summed E-state index contributed by atoms with van der Waals surface area (Å²) in [6.07, 6.45) is 6.05. The fraction of sp³-hybridized carbons (Fsp3) is 0.509. The second-order valence-electron chi connectivity index (χ2n) is 20.1. The molecule has 1 aliphatic carbocycles. The number of H-pyrrole nitrogens is 1. The maximum absolute atomic E-state index is 15.7. The number of rotatable bonds is 9. The number of fused-ring (bicyclic) bond motifs is 6. The second kappa shape index (κ2) is 16.2. The van der Waals surface area contributed by atoms with E-state index in [9.17, 15) is 19.5 Å². The number of anilines is 1. The third kappa shape index (κ3) is 6.24. The summed E-state index contributed by atoms with van der Waals surface area (Å²) in [4.78, 5) is 67.9. The molecule has 10 atom stereocenters. The maximum atomic E-state index is 15.7. The number of aliphatic hydroxyl groups is 1. The number of piperidine rings is 1. The lowest BCUT2D eigenvalue weighted by Gasteiger charge is -2.63. The van der Waals surface area contributed by atoms with Crippen molar-refractivity contribution in [1.82, 2.24) is 20.1 Å². The number of para-hydroxylation sites is 1. The molecule has 2 saturated heterocycles. The maximum Gasteiger partial charge on any atom is 0.344 e. The molecule has 6 heterocycles. The summed E-state index contributed by atoms with van der Waals surface area (Å²) in [5, 5.41) is 18.0. The predicted octanol–water partition coefficient (Wildman–Crippen LogP) is 5.43. The predicted molar refractivity (Wildman–Crippen MR) is 252 cm³/mol. The number of esters is 3. The van der Waals surface area contributed by atoms with Gasteiger partial charge in [-0.25, -0.2) is 4.79 Å². The molecular formula is C53H63N5O9. The molecule has 6 aliphatic rings. The van der Waals surface area contributed by atoms with Crippen molar-refractivity contribution >= 4 is 40.4 Å². The average molecular weight is 914 g/mol. The molecule has 1 spiro atoms. The number of aromatic nitrogens is 1. The number of hydrogen-bond donors (Lipinski definition) is 3. The zero-order valence-corrected chi connectivity index (χ0v) is 39.6. The Balaban J connectivity index is 1.23. The van der Waals surface area contributed by atoms with Crippen LogP contribution in [0, 0.1) is 11.3 Å². The van der Waals surface area contributed by atoms with E-state index in [1.807, 2.05) is 73.5 Å². The van der Waals surface area contributed by atoms with E-state index in [0.717, 1.165) is 33.4 Å². The molecule has 10 rings (SSSR count). The summed E-state index contributed by atoms with van der Waals surface area (Å²) < 4.78 is 24.2. The first kappa shape index (κ1) is 45.1. The van der Waals surface area contributed by atoms with E-state index in [-0.39, 0.29) is 17.9 Å². The largest absolute Gasteiger partial charge is 0.496 e. The molecule has 14 nitrogen and oxygen atoms in total. The molecule has 3 N–H and O–H groups in total. The number of amides is 1. The second-order valence-corrected chi connectivity index (χ2v) is 20.1. The summed E-state index contributed by atoms with van der Waals surface area (Å²) in [5.41, 5.74) is -0.892. The zero-order valence-electron chi connectivity index (χ0n) is 39.6. The van der Waals surface area contributed by atoms with Gasteiger partial charge in [0, 0.05) is 96.5 Å². The van der Waals surface area contributed by atoms with Crippen LogP contribution in [-0.2, 0) is 45.8 Å². The smallest absolute Gasteiger partial charge is 0.344 e. The Kier molecular flexibility index (Phi) is 10.9. The average Bonchev–Trinajstić information content (AvgIpc) is 4.00. The van der Waals surface area contributed by atoms with Crippen LogP contribution in [0.1, 0.15) is 85.6 Å². The normalized spacial score (nSPS) is 33.8. The molecule has 4 aromatic rings. The fourth-order valence-corrected chi connectivity index (χ4v) is 14.6. The van der Waals surface area contributed by atoms with Crippen LogP contribution >= 0.6 is 0 Å². The van der Waals surface area contributed by atoms with Crippen LogP contribution in [0.3, 0.4) is 0 Å². The highest BCUT2D eigenvalue weighted by Crippen LogP contribution is 2.68. The van der Waals surface area contributed by atoms with Crippen LogP contribution in [0.5, 0.6) is 5.75 Å². The summed E-state index contributed by atoms with van der Waals surface area (Å²) in [5.74, 6) is -1.75. The summed E-state index contributed by atoms with van der Waals surface area (Å²) in [7, 11) is 6.17. The molecule has 14 heteroatoms. The lowest BCUT2D eigenvalue weighted by molar-refractivity contribution is -0.228. The third-order valence-corrected chi connectivity index (χ3v) is 17.1. The Labute approximate surface area is 391 Å². The van der Waals surface area contributed by atoms with Gasteiger partial charge in [-0.3, -0.25) is 19.3 Å². The number of ether oxygens (including phenoxy) is 4. The Bertz CT molecular complexity index is 2690. The van der Waals surface area contributed by atoms with Gasteiger partial charge in [-0.2, -0.15) is 0 Å². The fourth-order valence-electron chi connectivity index (χ4n) is 14.6. The monoisotopic (exact) mass is 913 g/mol. The Morgan fingerprint density at radius 2 is 1.64 bits per heavy atom. The highest BCUT2D eigenvalue weighted by Gasteiger charge is 2.80. The van der Waals surface area contributed by atoms with Crippen LogP contribution in [0.2, 0.25) is 0 Å². The lowest BCUT2D eigenvalue weighted by atomic mass is 9.47. The molecule has 3 fully saturated rings. The first-order chi connectivity index (χ1) is 32.2. The molecule has 354 valence electrons. The number of aromatic amines is 1. The number of likely N-dealkylation sites (N-methyl/N-ethyl adjacent to an activating group) is 1. The highest BCUT2D eigenvalue weighted by atomic mass is 16.6. The number of benzene rings is 3. The van der Waals surface area contributed by atoms with Crippen molar-refractivity contribution < 1.29 is 43.2 Å². The van der Waals surface area contributed by atoms with Crippen LogP contribution < -0.4 is 15.0 Å². The highest BCUT2D eigenvalue weighted by molar-refractivity contribution is 5.96. The van der Waals surface area contributed by atoms with Gasteiger partial charge in [-0.05, 0) is 86.4 Å². The van der Waals surface area contributed by atoms with Crippen LogP contribution in [-0.4, -0.2) is 134 Å². The van der Waals surface area contributed by atoms with E-state index in [1.54, 1.807) is 7.11 Å². The number of methoxy groups -OCH3 is 3. The van der Waals surface area contributed by atoms with Crippen molar-refractivity contribution in [3.63, 3.8) is 0 Å². The van der Waals surface area contributed by atoms with Crippen molar-refractivity contribution in [2.24, 2.45) is 11.3 Å². The SMILES string of the molecule is CCC1(NC(=O)c2ccccc2)C[C@@H]2CN(CCc3c([nH]c4ccccc34)[C@@](C(=O)OC)(c3cc4c(cc3OC)N(C)C3[C@]45CCN4CC=C[C@@](CC)([C@@H](OC(C)=O)[C@]3(O)C(=O)OC)[C@H]45)C2)C1. The number of hydrogen-bond acceptors (Lipinski definition) is 12. The molecule has 3 unspecified atom stereocenters. The minimum atomic E-state index is -2.33. The number of nitrogens with one attached hydrogen (secondary N) is 2.